The fourth-order valence-electron chi connectivity index (χ4n) is 4.08. The third kappa shape index (κ3) is 12.0. The zero-order chi connectivity index (χ0) is 33.7. The molecule has 1 heterocycles. The van der Waals surface area contributed by atoms with Crippen LogP contribution in [0.1, 0.15) is 31.5 Å². The first-order chi connectivity index (χ1) is 21.2. The number of aliphatic carboxylic acids is 1. The van der Waals surface area contributed by atoms with Gasteiger partial charge in [0.25, 0.3) is 0 Å². The van der Waals surface area contributed by atoms with Crippen molar-refractivity contribution < 1.29 is 44.4 Å². The number of phenolic OH excluding ortho intramolecular Hbond substituents is 1. The van der Waals surface area contributed by atoms with E-state index in [1.807, 2.05) is 0 Å². The van der Waals surface area contributed by atoms with E-state index in [1.165, 1.54) is 62.4 Å². The average Bonchev–Trinajstić information content (AvgIpc) is 3.50. The highest BCUT2D eigenvalue weighted by Crippen LogP contribution is 2.12. The number of hydrogen-bond acceptors (Lipinski definition) is 11. The van der Waals surface area contributed by atoms with Crippen molar-refractivity contribution >= 4 is 41.4 Å². The van der Waals surface area contributed by atoms with E-state index in [9.17, 15) is 44.4 Å². The van der Waals surface area contributed by atoms with Crippen molar-refractivity contribution in [2.24, 2.45) is 5.73 Å². The maximum absolute atomic E-state index is 13.4. The van der Waals surface area contributed by atoms with Crippen LogP contribution < -0.4 is 27.0 Å². The molecule has 0 unspecified atom stereocenters. The lowest BCUT2D eigenvalue weighted by Gasteiger charge is -2.28. The maximum atomic E-state index is 13.4. The molecule has 4 amide bonds. The van der Waals surface area contributed by atoms with Crippen LogP contribution in [0.4, 0.5) is 0 Å². The normalized spacial score (nSPS) is 15.8. The summed E-state index contributed by atoms with van der Waals surface area (Å²) in [4.78, 5) is 70.9. The number of H-pyrrole nitrogens is 1. The number of phenols is 1. The summed E-state index contributed by atoms with van der Waals surface area (Å²) in [5, 5.41) is 49.1. The van der Waals surface area contributed by atoms with Gasteiger partial charge < -0.3 is 52.4 Å². The number of carboxylic acid groups (broad SMARTS) is 1. The fraction of sp³-hybridized carbons (Fsp3) is 0.500. The van der Waals surface area contributed by atoms with Crippen molar-refractivity contribution in [3.8, 4) is 5.75 Å². The van der Waals surface area contributed by atoms with Crippen LogP contribution in [-0.4, -0.2) is 114 Å². The van der Waals surface area contributed by atoms with Gasteiger partial charge in [0.2, 0.25) is 23.6 Å². The largest absolute Gasteiger partial charge is 0.508 e. The van der Waals surface area contributed by atoms with Gasteiger partial charge >= 0.3 is 5.97 Å². The SMILES string of the molecule is CSCC[C@H](NC(=O)[C@@H](NC(=O)[C@H](Cc1ccc(O)cc1)NC(=O)[C@@H](N)[C@@H](C)O)[C@@H](C)O)C(=O)N[C@@H](Cc1cnc[nH]1)C(=O)O. The number of nitrogens with one attached hydrogen (secondary N) is 5. The van der Waals surface area contributed by atoms with Crippen LogP contribution in [0.15, 0.2) is 36.8 Å². The Balaban J connectivity index is 2.23. The van der Waals surface area contributed by atoms with E-state index in [-0.39, 0.29) is 25.0 Å². The lowest BCUT2D eigenvalue weighted by molar-refractivity contribution is -0.142. The third-order valence-corrected chi connectivity index (χ3v) is 7.38. The molecule has 0 aliphatic carbocycles. The summed E-state index contributed by atoms with van der Waals surface area (Å²) in [5.74, 6) is -4.38. The summed E-state index contributed by atoms with van der Waals surface area (Å²) < 4.78 is 0. The molecule has 45 heavy (non-hydrogen) atoms. The number of carbonyl (C=O) groups excluding carboxylic acids is 4. The first kappa shape index (κ1) is 37.0. The second-order valence-corrected chi connectivity index (χ2v) is 11.4. The molecular weight excluding hydrogens is 610 g/mol. The Labute approximate surface area is 263 Å². The van der Waals surface area contributed by atoms with Gasteiger partial charge in [0, 0.05) is 24.7 Å². The predicted molar refractivity (Wildman–Crippen MR) is 164 cm³/mol. The second kappa shape index (κ2) is 17.9. The number of nitrogens with zero attached hydrogens (tertiary/aromatic N) is 1. The third-order valence-electron chi connectivity index (χ3n) is 6.73. The van der Waals surface area contributed by atoms with Gasteiger partial charge in [0.1, 0.15) is 36.0 Å². The predicted octanol–water partition coefficient (Wildman–Crippen LogP) is -2.23. The lowest BCUT2D eigenvalue weighted by atomic mass is 10.0. The molecule has 248 valence electrons. The number of aromatic nitrogens is 2. The van der Waals surface area contributed by atoms with E-state index in [2.05, 4.69) is 31.2 Å². The molecule has 2 rings (SSSR count). The number of aromatic hydroxyl groups is 1. The van der Waals surface area contributed by atoms with Gasteiger partial charge in [-0.2, -0.15) is 11.8 Å². The molecular formula is C28H41N7O9S. The monoisotopic (exact) mass is 651 g/mol. The van der Waals surface area contributed by atoms with Crippen LogP contribution in [0.25, 0.3) is 0 Å². The number of amides is 4. The molecule has 0 fully saturated rings. The summed E-state index contributed by atoms with van der Waals surface area (Å²) >= 11 is 1.38. The van der Waals surface area contributed by atoms with E-state index in [4.69, 9.17) is 5.73 Å². The molecule has 0 saturated heterocycles. The number of aliphatic hydroxyl groups excluding tert-OH is 2. The van der Waals surface area contributed by atoms with Crippen LogP contribution in [-0.2, 0) is 36.8 Å². The van der Waals surface area contributed by atoms with Gasteiger partial charge in [-0.3, -0.25) is 19.2 Å². The Bertz CT molecular complexity index is 1280. The van der Waals surface area contributed by atoms with Gasteiger partial charge in [-0.1, -0.05) is 12.1 Å². The van der Waals surface area contributed by atoms with E-state index >= 15 is 0 Å². The minimum atomic E-state index is -1.59. The van der Waals surface area contributed by atoms with Crippen molar-refractivity contribution in [3.05, 3.63) is 48.0 Å². The highest BCUT2D eigenvalue weighted by atomic mass is 32.2. The molecule has 0 aliphatic heterocycles. The number of carbonyl (C=O) groups is 5. The Morgan fingerprint density at radius 1 is 0.867 bits per heavy atom. The van der Waals surface area contributed by atoms with E-state index in [0.29, 0.717) is 17.0 Å². The minimum absolute atomic E-state index is 0.0261. The number of aliphatic hydroxyl groups is 2. The van der Waals surface area contributed by atoms with Crippen molar-refractivity contribution in [2.45, 2.75) is 75.5 Å². The standard InChI is InChI=1S/C28H41N7O9S/c1-14(36)22(29)26(41)33-20(10-16-4-6-18(38)7-5-16)25(40)35-23(15(2)37)27(42)32-19(8-9-45-3)24(39)34-21(28(43)44)11-17-12-30-13-31-17/h4-7,12-15,19-23,36-38H,8-11,29H2,1-3H3,(H,30,31)(H,32,42)(H,33,41)(H,34,39)(H,35,40)(H,43,44)/t14-,15-,19+,20+,21+,22+,23+/m1/s1. The van der Waals surface area contributed by atoms with Gasteiger partial charge in [0.15, 0.2) is 0 Å². The van der Waals surface area contributed by atoms with Crippen molar-refractivity contribution in [1.29, 1.82) is 0 Å². The number of nitrogens with two attached hydrogens (primary N) is 1. The summed E-state index contributed by atoms with van der Waals surface area (Å²) in [6, 6.07) is -1.05. The summed E-state index contributed by atoms with van der Waals surface area (Å²) in [6.45, 7) is 2.54. The molecule has 2 aromatic rings. The van der Waals surface area contributed by atoms with Crippen LogP contribution in [0.2, 0.25) is 0 Å². The van der Waals surface area contributed by atoms with Crippen molar-refractivity contribution in [3.63, 3.8) is 0 Å². The van der Waals surface area contributed by atoms with Crippen LogP contribution in [0, 0.1) is 0 Å². The molecule has 11 N–H and O–H groups in total. The van der Waals surface area contributed by atoms with Crippen LogP contribution in [0.3, 0.4) is 0 Å². The van der Waals surface area contributed by atoms with E-state index in [1.54, 1.807) is 6.26 Å². The summed E-state index contributed by atoms with van der Waals surface area (Å²) in [7, 11) is 0. The first-order valence-corrected chi connectivity index (χ1v) is 15.4. The van der Waals surface area contributed by atoms with Gasteiger partial charge in [-0.05, 0) is 50.0 Å². The number of rotatable bonds is 18. The van der Waals surface area contributed by atoms with Crippen molar-refractivity contribution in [2.75, 3.05) is 12.0 Å². The summed E-state index contributed by atoms with van der Waals surface area (Å²) in [6.07, 6.45) is 1.77. The number of benzene rings is 1. The molecule has 0 bridgehead atoms. The number of aromatic amines is 1. The number of imidazole rings is 1. The van der Waals surface area contributed by atoms with Crippen LogP contribution >= 0.6 is 11.8 Å². The second-order valence-electron chi connectivity index (χ2n) is 10.4. The zero-order valence-electron chi connectivity index (χ0n) is 25.1. The molecule has 0 aliphatic rings. The van der Waals surface area contributed by atoms with E-state index < -0.39 is 72.0 Å². The Morgan fingerprint density at radius 2 is 1.47 bits per heavy atom. The maximum Gasteiger partial charge on any atom is 0.326 e. The molecule has 16 nitrogen and oxygen atoms in total. The summed E-state index contributed by atoms with van der Waals surface area (Å²) in [5.41, 5.74) is 6.71. The number of thioether (sulfide) groups is 1. The first-order valence-electron chi connectivity index (χ1n) is 14.0. The molecule has 17 heteroatoms. The molecule has 0 saturated carbocycles. The quantitative estimate of drug-likeness (QED) is 0.0820. The highest BCUT2D eigenvalue weighted by Gasteiger charge is 2.34. The molecule has 1 aromatic carbocycles. The van der Waals surface area contributed by atoms with Gasteiger partial charge in [-0.15, -0.1) is 0 Å². The molecule has 0 radical (unpaired) electrons. The molecule has 0 spiro atoms. The Morgan fingerprint density at radius 3 is 2.00 bits per heavy atom. The van der Waals surface area contributed by atoms with Gasteiger partial charge in [-0.25, -0.2) is 9.78 Å². The molecule has 7 atom stereocenters. The highest BCUT2D eigenvalue weighted by molar-refractivity contribution is 7.98. The number of carboxylic acids is 1. The number of hydrogen-bond donors (Lipinski definition) is 10. The molecule has 1 aromatic heterocycles. The topological polar surface area (TPSA) is 269 Å². The van der Waals surface area contributed by atoms with Gasteiger partial charge in [0.05, 0.1) is 18.5 Å². The lowest BCUT2D eigenvalue weighted by Crippen LogP contribution is -2.61. The zero-order valence-corrected chi connectivity index (χ0v) is 25.9. The Hall–Kier alpha value is -4.19. The minimum Gasteiger partial charge on any atom is -0.508 e. The Kier molecular flexibility index (Phi) is 14.8. The van der Waals surface area contributed by atoms with Crippen molar-refractivity contribution in [1.82, 2.24) is 31.2 Å². The van der Waals surface area contributed by atoms with Crippen LogP contribution in [0.5, 0.6) is 5.75 Å². The van der Waals surface area contributed by atoms with E-state index in [0.717, 1.165) is 0 Å². The average molecular weight is 652 g/mol. The smallest absolute Gasteiger partial charge is 0.326 e. The fourth-order valence-corrected chi connectivity index (χ4v) is 4.55.